The van der Waals surface area contributed by atoms with Crippen molar-refractivity contribution in [2.75, 3.05) is 43.1 Å². The van der Waals surface area contributed by atoms with Crippen LogP contribution < -0.4 is 14.5 Å². The highest BCUT2D eigenvalue weighted by atomic mass is 16.5. The summed E-state index contributed by atoms with van der Waals surface area (Å²) in [5, 5.41) is 0. The largest absolute Gasteiger partial charge is 0.467 e. The Balaban J connectivity index is 1.31. The van der Waals surface area contributed by atoms with E-state index in [0.717, 1.165) is 62.0 Å². The zero-order valence-electron chi connectivity index (χ0n) is 17.5. The van der Waals surface area contributed by atoms with Crippen molar-refractivity contribution in [2.45, 2.75) is 44.4 Å². The first-order chi connectivity index (χ1) is 14.8. The van der Waals surface area contributed by atoms with Crippen LogP contribution in [0.25, 0.3) is 11.1 Å². The lowest BCUT2D eigenvalue weighted by Crippen LogP contribution is -2.35. The van der Waals surface area contributed by atoms with E-state index in [0.29, 0.717) is 17.9 Å². The van der Waals surface area contributed by atoms with Gasteiger partial charge in [-0.1, -0.05) is 25.0 Å². The molecule has 2 aliphatic rings. The maximum atomic E-state index is 6.00. The van der Waals surface area contributed by atoms with Gasteiger partial charge in [0, 0.05) is 32.1 Å². The smallest absolute Gasteiger partial charge is 0.322 e. The fourth-order valence-corrected chi connectivity index (χ4v) is 4.37. The number of hydrogen-bond acceptors (Lipinski definition) is 8. The number of oxazole rings is 1. The quantitative estimate of drug-likeness (QED) is 0.645. The van der Waals surface area contributed by atoms with Gasteiger partial charge in [0.05, 0.1) is 7.11 Å². The molecular weight excluding hydrogens is 380 g/mol. The van der Waals surface area contributed by atoms with Gasteiger partial charge in [-0.15, -0.1) is 0 Å². The third-order valence-electron chi connectivity index (χ3n) is 6.10. The van der Waals surface area contributed by atoms with E-state index in [4.69, 9.17) is 19.1 Å². The molecule has 0 amide bonds. The lowest BCUT2D eigenvalue weighted by molar-refractivity contribution is 0.374. The minimum atomic E-state index is 0.322. The fourth-order valence-electron chi connectivity index (χ4n) is 4.37. The van der Waals surface area contributed by atoms with Gasteiger partial charge in [0.15, 0.2) is 11.5 Å². The number of ether oxygens (including phenoxy) is 1. The number of para-hydroxylation sites is 2. The van der Waals surface area contributed by atoms with Crippen LogP contribution in [0.2, 0.25) is 0 Å². The summed E-state index contributed by atoms with van der Waals surface area (Å²) in [6, 6.07) is 8.34. The molecular formula is C22H28N6O2. The average molecular weight is 409 g/mol. The Morgan fingerprint density at radius 2 is 1.50 bits per heavy atom. The van der Waals surface area contributed by atoms with E-state index in [1.54, 1.807) is 7.11 Å². The molecule has 8 heteroatoms. The summed E-state index contributed by atoms with van der Waals surface area (Å²) in [5.41, 5.74) is 1.79. The SMILES string of the molecule is COc1nc(N2CCCCCC2)nc(N2CCC(c3nc4ccccc4o3)CC2)n1. The first-order valence-corrected chi connectivity index (χ1v) is 11.0. The molecule has 0 aliphatic carbocycles. The highest BCUT2D eigenvalue weighted by molar-refractivity contribution is 5.72. The molecule has 0 spiro atoms. The molecule has 2 aliphatic heterocycles. The number of piperidine rings is 1. The fraction of sp³-hybridized carbons (Fsp3) is 0.545. The molecule has 0 saturated carbocycles. The van der Waals surface area contributed by atoms with E-state index in [1.807, 2.05) is 24.3 Å². The van der Waals surface area contributed by atoms with E-state index >= 15 is 0 Å². The summed E-state index contributed by atoms with van der Waals surface area (Å²) in [6.07, 6.45) is 6.82. The number of anilines is 2. The predicted octanol–water partition coefficient (Wildman–Crippen LogP) is 3.79. The van der Waals surface area contributed by atoms with E-state index in [9.17, 15) is 0 Å². The highest BCUT2D eigenvalue weighted by Crippen LogP contribution is 2.31. The molecule has 4 heterocycles. The standard InChI is InChI=1S/C22H28N6O2/c1-29-22-25-20(27-12-6-2-3-7-13-27)24-21(26-22)28-14-10-16(11-15-28)19-23-17-8-4-5-9-18(17)30-19/h4-5,8-9,16H,2-3,6-7,10-15H2,1H3. The number of nitrogens with zero attached hydrogens (tertiary/aromatic N) is 6. The number of benzene rings is 1. The van der Waals surface area contributed by atoms with Crippen LogP contribution >= 0.6 is 0 Å². The van der Waals surface area contributed by atoms with Crippen molar-refractivity contribution in [1.29, 1.82) is 0 Å². The maximum absolute atomic E-state index is 6.00. The van der Waals surface area contributed by atoms with Gasteiger partial charge in [-0.25, -0.2) is 4.98 Å². The van der Waals surface area contributed by atoms with E-state index in [-0.39, 0.29) is 0 Å². The van der Waals surface area contributed by atoms with Crippen LogP contribution in [-0.4, -0.2) is 53.2 Å². The number of hydrogen-bond donors (Lipinski definition) is 0. The molecule has 2 saturated heterocycles. The molecule has 0 radical (unpaired) electrons. The minimum absolute atomic E-state index is 0.322. The summed E-state index contributed by atoms with van der Waals surface area (Å²) in [4.78, 5) is 23.1. The number of rotatable bonds is 4. The Hall–Kier alpha value is -2.90. The monoisotopic (exact) mass is 408 g/mol. The van der Waals surface area contributed by atoms with Crippen LogP contribution in [0.3, 0.4) is 0 Å². The van der Waals surface area contributed by atoms with Crippen LogP contribution in [0.1, 0.15) is 50.3 Å². The predicted molar refractivity (Wildman–Crippen MR) is 115 cm³/mol. The van der Waals surface area contributed by atoms with Gasteiger partial charge in [-0.05, 0) is 37.8 Å². The Morgan fingerprint density at radius 3 is 2.17 bits per heavy atom. The lowest BCUT2D eigenvalue weighted by Gasteiger charge is -2.31. The molecule has 3 aromatic rings. The molecule has 1 aromatic carbocycles. The van der Waals surface area contributed by atoms with Crippen LogP contribution in [0.5, 0.6) is 6.01 Å². The first kappa shape index (κ1) is 19.1. The Bertz CT molecular complexity index is 957. The van der Waals surface area contributed by atoms with Crippen LogP contribution in [0.4, 0.5) is 11.9 Å². The second kappa shape index (κ2) is 8.45. The molecule has 30 heavy (non-hydrogen) atoms. The van der Waals surface area contributed by atoms with Crippen molar-refractivity contribution in [3.63, 3.8) is 0 Å². The zero-order valence-corrected chi connectivity index (χ0v) is 17.5. The topological polar surface area (TPSA) is 80.4 Å². The van der Waals surface area contributed by atoms with Gasteiger partial charge >= 0.3 is 6.01 Å². The van der Waals surface area contributed by atoms with Crippen molar-refractivity contribution in [3.8, 4) is 6.01 Å². The summed E-state index contributed by atoms with van der Waals surface area (Å²) in [7, 11) is 1.62. The molecule has 2 aromatic heterocycles. The second-order valence-corrected chi connectivity index (χ2v) is 8.10. The summed E-state index contributed by atoms with van der Waals surface area (Å²) >= 11 is 0. The molecule has 5 rings (SSSR count). The molecule has 0 bridgehead atoms. The van der Waals surface area contributed by atoms with Crippen molar-refractivity contribution in [3.05, 3.63) is 30.2 Å². The van der Waals surface area contributed by atoms with E-state index in [1.165, 1.54) is 25.7 Å². The first-order valence-electron chi connectivity index (χ1n) is 11.0. The van der Waals surface area contributed by atoms with E-state index < -0.39 is 0 Å². The Kier molecular flexibility index (Phi) is 5.38. The van der Waals surface area contributed by atoms with Crippen LogP contribution in [0, 0.1) is 0 Å². The molecule has 0 N–H and O–H groups in total. The van der Waals surface area contributed by atoms with Gasteiger partial charge in [0.1, 0.15) is 5.52 Å². The summed E-state index contributed by atoms with van der Waals surface area (Å²) in [6.45, 7) is 3.70. The van der Waals surface area contributed by atoms with Gasteiger partial charge < -0.3 is 19.0 Å². The lowest BCUT2D eigenvalue weighted by atomic mass is 9.97. The highest BCUT2D eigenvalue weighted by Gasteiger charge is 2.27. The Morgan fingerprint density at radius 1 is 0.833 bits per heavy atom. The number of aromatic nitrogens is 4. The molecule has 0 atom stereocenters. The van der Waals surface area contributed by atoms with Crippen molar-refractivity contribution < 1.29 is 9.15 Å². The van der Waals surface area contributed by atoms with Gasteiger partial charge in [0.2, 0.25) is 11.9 Å². The van der Waals surface area contributed by atoms with Crippen molar-refractivity contribution >= 4 is 23.0 Å². The van der Waals surface area contributed by atoms with Crippen molar-refractivity contribution in [2.24, 2.45) is 0 Å². The minimum Gasteiger partial charge on any atom is -0.467 e. The molecule has 8 nitrogen and oxygen atoms in total. The summed E-state index contributed by atoms with van der Waals surface area (Å²) in [5.74, 6) is 2.61. The normalized spacial score (nSPS) is 18.6. The molecule has 2 fully saturated rings. The zero-order chi connectivity index (χ0) is 20.3. The van der Waals surface area contributed by atoms with Crippen LogP contribution in [-0.2, 0) is 0 Å². The van der Waals surface area contributed by atoms with Crippen molar-refractivity contribution in [1.82, 2.24) is 19.9 Å². The maximum Gasteiger partial charge on any atom is 0.322 e. The van der Waals surface area contributed by atoms with Gasteiger partial charge in [-0.3, -0.25) is 0 Å². The molecule has 158 valence electrons. The molecule has 0 unspecified atom stereocenters. The van der Waals surface area contributed by atoms with Gasteiger partial charge in [0.25, 0.3) is 0 Å². The third kappa shape index (κ3) is 3.91. The average Bonchev–Trinajstić information content (AvgIpc) is 3.05. The summed E-state index contributed by atoms with van der Waals surface area (Å²) < 4.78 is 11.4. The van der Waals surface area contributed by atoms with Crippen LogP contribution in [0.15, 0.2) is 28.7 Å². The van der Waals surface area contributed by atoms with Gasteiger partial charge in [-0.2, -0.15) is 15.0 Å². The Labute approximate surface area is 176 Å². The second-order valence-electron chi connectivity index (χ2n) is 8.10. The van der Waals surface area contributed by atoms with E-state index in [2.05, 4.69) is 19.8 Å². The third-order valence-corrected chi connectivity index (χ3v) is 6.10. The number of methoxy groups -OCH3 is 1. The number of fused-ring (bicyclic) bond motifs is 1.